The number of amides is 4. The molecular formula is C23H26N4O9. The second-order valence-electron chi connectivity index (χ2n) is 9.00. The van der Waals surface area contributed by atoms with Crippen LogP contribution in [0, 0.1) is 0 Å². The maximum atomic E-state index is 13.6. The van der Waals surface area contributed by atoms with Crippen LogP contribution in [0.15, 0.2) is 18.2 Å². The molecule has 5 atom stereocenters. The third-order valence-corrected chi connectivity index (χ3v) is 6.41. The summed E-state index contributed by atoms with van der Waals surface area (Å²) in [6.07, 6.45) is -1.60. The van der Waals surface area contributed by atoms with Gasteiger partial charge in [0.1, 0.15) is 24.2 Å². The van der Waals surface area contributed by atoms with Crippen LogP contribution in [-0.2, 0) is 46.3 Å². The highest BCUT2D eigenvalue weighted by Gasteiger charge is 2.46. The van der Waals surface area contributed by atoms with Crippen LogP contribution in [0.25, 0.3) is 0 Å². The van der Waals surface area contributed by atoms with Crippen molar-refractivity contribution in [1.29, 1.82) is 0 Å². The number of anilines is 1. The molecule has 1 saturated heterocycles. The summed E-state index contributed by atoms with van der Waals surface area (Å²) < 4.78 is 4.66. The third kappa shape index (κ3) is 5.00. The van der Waals surface area contributed by atoms with Gasteiger partial charge in [-0.1, -0.05) is 18.2 Å². The van der Waals surface area contributed by atoms with Crippen molar-refractivity contribution in [2.45, 2.75) is 69.5 Å². The second-order valence-corrected chi connectivity index (χ2v) is 9.00. The maximum Gasteiger partial charge on any atom is 0.310 e. The monoisotopic (exact) mass is 502 g/mol. The van der Waals surface area contributed by atoms with Gasteiger partial charge in [-0.3, -0.25) is 33.7 Å². The van der Waals surface area contributed by atoms with E-state index in [-0.39, 0.29) is 19.3 Å². The molecule has 4 amide bonds. The molecule has 3 aliphatic heterocycles. The fraction of sp³-hybridized carbons (Fsp3) is 0.478. The van der Waals surface area contributed by atoms with Crippen LogP contribution >= 0.6 is 0 Å². The number of para-hydroxylation sites is 1. The van der Waals surface area contributed by atoms with Crippen molar-refractivity contribution in [3.8, 4) is 0 Å². The van der Waals surface area contributed by atoms with E-state index in [1.165, 1.54) is 4.90 Å². The van der Waals surface area contributed by atoms with E-state index in [4.69, 9.17) is 5.11 Å². The van der Waals surface area contributed by atoms with Crippen molar-refractivity contribution in [3.05, 3.63) is 29.3 Å². The Kier molecular flexibility index (Phi) is 6.93. The first kappa shape index (κ1) is 25.1. The summed E-state index contributed by atoms with van der Waals surface area (Å²) in [5.41, 5.74) is 2.13. The number of hydrogen-bond donors (Lipinski definition) is 5. The van der Waals surface area contributed by atoms with E-state index in [1.807, 2.05) is 12.1 Å². The minimum atomic E-state index is -1.49. The number of aliphatic hydroxyl groups excluding tert-OH is 1. The number of carboxylic acid groups (broad SMARTS) is 1. The van der Waals surface area contributed by atoms with Gasteiger partial charge in [0, 0.05) is 13.3 Å². The van der Waals surface area contributed by atoms with Gasteiger partial charge >= 0.3 is 11.9 Å². The maximum absolute atomic E-state index is 13.6. The highest BCUT2D eigenvalue weighted by Crippen LogP contribution is 2.39. The number of nitrogens with zero attached hydrogens (tertiary/aromatic N) is 1. The molecule has 0 bridgehead atoms. The lowest BCUT2D eigenvalue weighted by Gasteiger charge is -2.29. The number of ether oxygens (including phenoxy) is 1. The standard InChI is InChI=1S/C23H26N4O9/c1-10(28)24-14(8-17(29)30)20(32)25-13-6-5-11-3-2-4-12-7-16(27(19(11)12)22(13)34)21(33)26-15-9-18(31)36-23(15)35/h2-4,13-16,23,35H,5-9H2,1H3,(H,24,28)(H,25,32)(H,26,33)(H,29,30)/t13?,14-,15-,16-,23?/m0/s1. The predicted octanol–water partition coefficient (Wildman–Crippen LogP) is -1.90. The Morgan fingerprint density at radius 2 is 1.86 bits per heavy atom. The lowest BCUT2D eigenvalue weighted by Crippen LogP contribution is -2.58. The topological polar surface area (TPSA) is 191 Å². The van der Waals surface area contributed by atoms with Crippen LogP contribution in [0.1, 0.15) is 37.3 Å². The summed E-state index contributed by atoms with van der Waals surface area (Å²) in [5, 5.41) is 26.4. The molecule has 13 nitrogen and oxygen atoms in total. The average molecular weight is 502 g/mol. The normalized spacial score (nSPS) is 25.3. The van der Waals surface area contributed by atoms with E-state index in [9.17, 15) is 33.9 Å². The molecule has 0 aromatic heterocycles. The highest BCUT2D eigenvalue weighted by molar-refractivity contribution is 6.08. The number of carboxylic acids is 1. The molecule has 36 heavy (non-hydrogen) atoms. The van der Waals surface area contributed by atoms with Gasteiger partial charge in [0.05, 0.1) is 18.5 Å². The molecule has 0 spiro atoms. The van der Waals surface area contributed by atoms with Crippen molar-refractivity contribution in [1.82, 2.24) is 16.0 Å². The Hall–Kier alpha value is -4.00. The number of nitrogens with one attached hydrogen (secondary N) is 3. The summed E-state index contributed by atoms with van der Waals surface area (Å²) in [6.45, 7) is 1.14. The molecule has 2 unspecified atom stereocenters. The van der Waals surface area contributed by atoms with Crippen LogP contribution in [0.4, 0.5) is 5.69 Å². The number of benzene rings is 1. The van der Waals surface area contributed by atoms with Crippen molar-refractivity contribution < 1.29 is 43.7 Å². The van der Waals surface area contributed by atoms with Crippen LogP contribution < -0.4 is 20.9 Å². The number of aryl methyl sites for hydroxylation is 1. The van der Waals surface area contributed by atoms with Crippen molar-refractivity contribution >= 4 is 41.3 Å². The van der Waals surface area contributed by atoms with Crippen LogP contribution in [-0.4, -0.2) is 76.2 Å². The van der Waals surface area contributed by atoms with Crippen molar-refractivity contribution in [2.24, 2.45) is 0 Å². The van der Waals surface area contributed by atoms with Crippen LogP contribution in [0.5, 0.6) is 0 Å². The third-order valence-electron chi connectivity index (χ3n) is 6.41. The minimum absolute atomic E-state index is 0.187. The molecule has 1 aromatic rings. The largest absolute Gasteiger partial charge is 0.481 e. The van der Waals surface area contributed by atoms with Gasteiger partial charge < -0.3 is 30.9 Å². The van der Waals surface area contributed by atoms with Gasteiger partial charge in [-0.15, -0.1) is 0 Å². The van der Waals surface area contributed by atoms with E-state index in [0.717, 1.165) is 18.1 Å². The van der Waals surface area contributed by atoms with Gasteiger partial charge in [0.2, 0.25) is 29.9 Å². The molecular weight excluding hydrogens is 476 g/mol. The number of carbonyl (C=O) groups is 6. The summed E-state index contributed by atoms with van der Waals surface area (Å²) in [7, 11) is 0. The van der Waals surface area contributed by atoms with Gasteiger partial charge in [-0.05, 0) is 24.0 Å². The number of aliphatic carboxylic acids is 1. The smallest absolute Gasteiger partial charge is 0.310 e. The Labute approximate surface area is 205 Å². The predicted molar refractivity (Wildman–Crippen MR) is 120 cm³/mol. The number of carbonyl (C=O) groups excluding carboxylic acids is 5. The van der Waals surface area contributed by atoms with Crippen LogP contribution in [0.2, 0.25) is 0 Å². The quantitative estimate of drug-likeness (QED) is 0.265. The highest BCUT2D eigenvalue weighted by atomic mass is 16.6. The number of rotatable bonds is 7. The lowest BCUT2D eigenvalue weighted by atomic mass is 10.0. The number of cyclic esters (lactones) is 1. The Morgan fingerprint density at radius 1 is 1.14 bits per heavy atom. The molecule has 5 N–H and O–H groups in total. The minimum Gasteiger partial charge on any atom is -0.481 e. The first-order valence-corrected chi connectivity index (χ1v) is 11.5. The number of hydrogen-bond acceptors (Lipinski definition) is 8. The van der Waals surface area contributed by atoms with Gasteiger partial charge in [-0.25, -0.2) is 0 Å². The average Bonchev–Trinajstić information content (AvgIpc) is 3.30. The number of esters is 1. The summed E-state index contributed by atoms with van der Waals surface area (Å²) in [5.74, 6) is -4.56. The molecule has 1 aromatic carbocycles. The zero-order valence-electron chi connectivity index (χ0n) is 19.4. The molecule has 1 fully saturated rings. The first-order valence-electron chi connectivity index (χ1n) is 11.5. The molecule has 3 heterocycles. The number of aliphatic hydroxyl groups is 1. The van der Waals surface area contributed by atoms with Crippen molar-refractivity contribution in [3.63, 3.8) is 0 Å². The molecule has 13 heteroatoms. The second kappa shape index (κ2) is 9.93. The van der Waals surface area contributed by atoms with Crippen LogP contribution in [0.3, 0.4) is 0 Å². The lowest BCUT2D eigenvalue weighted by molar-refractivity contribution is -0.155. The fourth-order valence-corrected chi connectivity index (χ4v) is 4.82. The fourth-order valence-electron chi connectivity index (χ4n) is 4.82. The Balaban J connectivity index is 1.57. The van der Waals surface area contributed by atoms with Gasteiger partial charge in [0.25, 0.3) is 0 Å². The molecule has 0 aliphatic carbocycles. The molecule has 0 radical (unpaired) electrons. The zero-order chi connectivity index (χ0) is 26.1. The molecule has 0 saturated carbocycles. The van der Waals surface area contributed by atoms with E-state index >= 15 is 0 Å². The zero-order valence-corrected chi connectivity index (χ0v) is 19.4. The van der Waals surface area contributed by atoms with Gasteiger partial charge in [0.15, 0.2) is 0 Å². The molecule has 192 valence electrons. The Bertz CT molecular complexity index is 1120. The SMILES string of the molecule is CC(=O)N[C@@H](CC(=O)O)C(=O)NC1CCc2cccc3c2N(C1=O)[C@H](C(=O)N[C@H]1CC(=O)OC1O)C3. The van der Waals surface area contributed by atoms with E-state index in [2.05, 4.69) is 20.7 Å². The van der Waals surface area contributed by atoms with E-state index in [0.29, 0.717) is 12.1 Å². The molecule has 4 rings (SSSR count). The van der Waals surface area contributed by atoms with Crippen molar-refractivity contribution in [2.75, 3.05) is 4.90 Å². The van der Waals surface area contributed by atoms with E-state index in [1.54, 1.807) is 6.07 Å². The van der Waals surface area contributed by atoms with Gasteiger partial charge in [-0.2, -0.15) is 0 Å². The summed E-state index contributed by atoms with van der Waals surface area (Å²) in [6, 6.07) is 0.998. The first-order chi connectivity index (χ1) is 17.0. The van der Waals surface area contributed by atoms with E-state index < -0.39 is 72.4 Å². The summed E-state index contributed by atoms with van der Waals surface area (Å²) >= 11 is 0. The molecule has 3 aliphatic rings. The summed E-state index contributed by atoms with van der Waals surface area (Å²) in [4.78, 5) is 75.0. The Morgan fingerprint density at radius 3 is 2.50 bits per heavy atom.